The van der Waals surface area contributed by atoms with Crippen molar-refractivity contribution in [3.8, 4) is 0 Å². The highest BCUT2D eigenvalue weighted by molar-refractivity contribution is 9.10. The lowest BCUT2D eigenvalue weighted by Crippen LogP contribution is -2.39. The molecule has 1 unspecified atom stereocenters. The lowest BCUT2D eigenvalue weighted by molar-refractivity contribution is 0.0700. The van der Waals surface area contributed by atoms with Crippen LogP contribution in [-0.2, 0) is 0 Å². The predicted molar refractivity (Wildman–Crippen MR) is 98.1 cm³/mol. The normalized spacial score (nSPS) is 17.8. The van der Waals surface area contributed by atoms with Crippen molar-refractivity contribution in [2.24, 2.45) is 0 Å². The molecule has 4 nitrogen and oxygen atoms in total. The molecule has 1 fully saturated rings. The van der Waals surface area contributed by atoms with Gasteiger partial charge < -0.3 is 9.88 Å². The zero-order valence-electron chi connectivity index (χ0n) is 13.5. The Hall–Kier alpha value is -2.21. The van der Waals surface area contributed by atoms with Crippen LogP contribution in [0.2, 0.25) is 0 Å². The molecule has 0 bridgehead atoms. The van der Waals surface area contributed by atoms with E-state index in [1.165, 1.54) is 12.1 Å². The lowest BCUT2D eigenvalue weighted by Gasteiger charge is -2.32. The van der Waals surface area contributed by atoms with Crippen LogP contribution in [0.15, 0.2) is 46.9 Å². The maximum absolute atomic E-state index is 14.1. The quantitative estimate of drug-likeness (QED) is 0.687. The molecule has 0 saturated carbocycles. The van der Waals surface area contributed by atoms with E-state index in [-0.39, 0.29) is 17.4 Å². The standard InChI is InChI=1S/C19H17BrFN3O/c20-13-7-8-14(15(21)10-13)19(25)24-9-3-4-12(11-24)18-22-16-5-1-2-6-17(16)23-18/h1-2,5-8,10,12H,3-4,9,11H2,(H,22,23). The van der Waals surface area contributed by atoms with Crippen LogP contribution >= 0.6 is 15.9 Å². The number of halogens is 2. The zero-order valence-corrected chi connectivity index (χ0v) is 15.1. The summed E-state index contributed by atoms with van der Waals surface area (Å²) in [6.07, 6.45) is 1.85. The van der Waals surface area contributed by atoms with Crippen LogP contribution in [0, 0.1) is 5.82 Å². The summed E-state index contributed by atoms with van der Waals surface area (Å²) in [5.41, 5.74) is 2.05. The molecule has 2 aromatic carbocycles. The van der Waals surface area contributed by atoms with Crippen molar-refractivity contribution in [2.75, 3.05) is 13.1 Å². The number of hydrogen-bond acceptors (Lipinski definition) is 2. The van der Waals surface area contributed by atoms with Crippen molar-refractivity contribution in [2.45, 2.75) is 18.8 Å². The number of para-hydroxylation sites is 2. The molecule has 1 aromatic heterocycles. The molecule has 1 atom stereocenters. The third kappa shape index (κ3) is 3.18. The number of aromatic amines is 1. The molecule has 2 heterocycles. The van der Waals surface area contributed by atoms with Crippen molar-refractivity contribution in [1.82, 2.24) is 14.9 Å². The van der Waals surface area contributed by atoms with E-state index in [9.17, 15) is 9.18 Å². The van der Waals surface area contributed by atoms with Crippen molar-refractivity contribution in [1.29, 1.82) is 0 Å². The smallest absolute Gasteiger partial charge is 0.256 e. The molecule has 128 valence electrons. The highest BCUT2D eigenvalue weighted by atomic mass is 79.9. The van der Waals surface area contributed by atoms with Crippen molar-refractivity contribution in [3.05, 3.63) is 64.1 Å². The minimum Gasteiger partial charge on any atom is -0.342 e. The van der Waals surface area contributed by atoms with Gasteiger partial charge in [0.05, 0.1) is 16.6 Å². The van der Waals surface area contributed by atoms with E-state index >= 15 is 0 Å². The average Bonchev–Trinajstić information content (AvgIpc) is 3.05. The van der Waals surface area contributed by atoms with Crippen LogP contribution < -0.4 is 0 Å². The number of amides is 1. The van der Waals surface area contributed by atoms with E-state index in [0.29, 0.717) is 17.6 Å². The Morgan fingerprint density at radius 3 is 2.92 bits per heavy atom. The van der Waals surface area contributed by atoms with Gasteiger partial charge in [-0.1, -0.05) is 28.1 Å². The lowest BCUT2D eigenvalue weighted by atomic mass is 9.96. The van der Waals surface area contributed by atoms with Crippen LogP contribution in [0.25, 0.3) is 11.0 Å². The van der Waals surface area contributed by atoms with E-state index < -0.39 is 5.82 Å². The van der Waals surface area contributed by atoms with Crippen molar-refractivity contribution >= 4 is 32.9 Å². The average molecular weight is 402 g/mol. The summed E-state index contributed by atoms with van der Waals surface area (Å²) in [6, 6.07) is 12.4. The Bertz CT molecular complexity index is 906. The number of hydrogen-bond donors (Lipinski definition) is 1. The van der Waals surface area contributed by atoms with Crippen LogP contribution in [0.1, 0.15) is 34.9 Å². The summed E-state index contributed by atoms with van der Waals surface area (Å²) in [6.45, 7) is 1.19. The molecule has 1 aliphatic heterocycles. The third-order valence-corrected chi connectivity index (χ3v) is 5.16. The number of carbonyl (C=O) groups excluding carboxylic acids is 1. The molecule has 0 aliphatic carbocycles. The van der Waals surface area contributed by atoms with E-state index in [2.05, 4.69) is 25.9 Å². The van der Waals surface area contributed by atoms with Gasteiger partial charge in [0.2, 0.25) is 0 Å². The number of imidazole rings is 1. The third-order valence-electron chi connectivity index (χ3n) is 4.66. The second-order valence-electron chi connectivity index (χ2n) is 6.35. The van der Waals surface area contributed by atoms with E-state index in [1.54, 1.807) is 11.0 Å². The summed E-state index contributed by atoms with van der Waals surface area (Å²) in [4.78, 5) is 22.5. The number of benzene rings is 2. The van der Waals surface area contributed by atoms with Gasteiger partial charge in [-0.25, -0.2) is 9.37 Å². The molecule has 6 heteroatoms. The first-order chi connectivity index (χ1) is 12.1. The van der Waals surface area contributed by atoms with E-state index in [1.807, 2.05) is 24.3 Å². The van der Waals surface area contributed by atoms with Gasteiger partial charge in [-0.3, -0.25) is 4.79 Å². The number of fused-ring (bicyclic) bond motifs is 1. The topological polar surface area (TPSA) is 49.0 Å². The number of H-pyrrole nitrogens is 1. The van der Waals surface area contributed by atoms with Crippen LogP contribution in [0.5, 0.6) is 0 Å². The Balaban J connectivity index is 1.57. The molecule has 1 N–H and O–H groups in total. The SMILES string of the molecule is O=C(c1ccc(Br)cc1F)N1CCCC(c2nc3ccccc3[nH]2)C1. The fourth-order valence-corrected chi connectivity index (χ4v) is 3.72. The number of nitrogens with one attached hydrogen (secondary N) is 1. The van der Waals surface area contributed by atoms with Crippen LogP contribution in [0.3, 0.4) is 0 Å². The van der Waals surface area contributed by atoms with E-state index in [0.717, 1.165) is 29.7 Å². The molecule has 1 saturated heterocycles. The van der Waals surface area contributed by atoms with Gasteiger partial charge in [0.15, 0.2) is 0 Å². The van der Waals surface area contributed by atoms with Gasteiger partial charge in [-0.15, -0.1) is 0 Å². The van der Waals surface area contributed by atoms with Gasteiger partial charge in [0, 0.05) is 23.5 Å². The molecule has 0 radical (unpaired) electrons. The van der Waals surface area contributed by atoms with Crippen molar-refractivity contribution in [3.63, 3.8) is 0 Å². The van der Waals surface area contributed by atoms with Gasteiger partial charge >= 0.3 is 0 Å². The molecule has 0 spiro atoms. The monoisotopic (exact) mass is 401 g/mol. The molecular formula is C19H17BrFN3O. The maximum Gasteiger partial charge on any atom is 0.256 e. The minimum atomic E-state index is -0.495. The Kier molecular flexibility index (Phi) is 4.29. The Morgan fingerprint density at radius 2 is 2.12 bits per heavy atom. The molecule has 25 heavy (non-hydrogen) atoms. The molecule has 1 amide bonds. The Morgan fingerprint density at radius 1 is 1.28 bits per heavy atom. The first kappa shape index (κ1) is 16.3. The summed E-state index contributed by atoms with van der Waals surface area (Å²) in [7, 11) is 0. The zero-order chi connectivity index (χ0) is 17.4. The maximum atomic E-state index is 14.1. The highest BCUT2D eigenvalue weighted by Crippen LogP contribution is 2.28. The summed E-state index contributed by atoms with van der Waals surface area (Å²) < 4.78 is 14.7. The number of carbonyl (C=O) groups is 1. The first-order valence-corrected chi connectivity index (χ1v) is 9.10. The fourth-order valence-electron chi connectivity index (χ4n) is 3.38. The molecular weight excluding hydrogens is 385 g/mol. The number of likely N-dealkylation sites (tertiary alicyclic amines) is 1. The number of aromatic nitrogens is 2. The second-order valence-corrected chi connectivity index (χ2v) is 7.27. The summed E-state index contributed by atoms with van der Waals surface area (Å²) in [5.74, 6) is 0.287. The minimum absolute atomic E-state index is 0.119. The van der Waals surface area contributed by atoms with Crippen LogP contribution in [-0.4, -0.2) is 33.9 Å². The predicted octanol–water partition coefficient (Wildman–Crippen LogP) is 4.48. The Labute approximate surface area is 153 Å². The second kappa shape index (κ2) is 6.59. The van der Waals surface area contributed by atoms with Crippen molar-refractivity contribution < 1.29 is 9.18 Å². The molecule has 1 aliphatic rings. The van der Waals surface area contributed by atoms with Gasteiger partial charge in [0.1, 0.15) is 11.6 Å². The number of nitrogens with zero attached hydrogens (tertiary/aromatic N) is 2. The fraction of sp³-hybridized carbons (Fsp3) is 0.263. The van der Waals surface area contributed by atoms with Gasteiger partial charge in [-0.2, -0.15) is 0 Å². The molecule has 3 aromatic rings. The van der Waals surface area contributed by atoms with E-state index in [4.69, 9.17) is 0 Å². The summed E-state index contributed by atoms with van der Waals surface area (Å²) in [5, 5.41) is 0. The van der Waals surface area contributed by atoms with Gasteiger partial charge in [0.25, 0.3) is 5.91 Å². The van der Waals surface area contributed by atoms with Crippen LogP contribution in [0.4, 0.5) is 4.39 Å². The summed E-state index contributed by atoms with van der Waals surface area (Å²) >= 11 is 3.22. The van der Waals surface area contributed by atoms with Gasteiger partial charge in [-0.05, 0) is 43.2 Å². The largest absolute Gasteiger partial charge is 0.342 e. The number of piperidine rings is 1. The highest BCUT2D eigenvalue weighted by Gasteiger charge is 2.28. The molecule has 4 rings (SSSR count). The first-order valence-electron chi connectivity index (χ1n) is 8.31. The number of rotatable bonds is 2.